The van der Waals surface area contributed by atoms with Crippen molar-refractivity contribution < 1.29 is 62.3 Å². The average molecular weight is 776 g/mol. The summed E-state index contributed by atoms with van der Waals surface area (Å²) in [4.78, 5) is 72.8. The van der Waals surface area contributed by atoms with E-state index < -0.39 is 12.0 Å². The maximum Gasteiger partial charge on any atom is 0.326 e. The highest BCUT2D eigenvalue weighted by Crippen LogP contribution is 2.09. The molecular formula is C34H61N7O13. The van der Waals surface area contributed by atoms with Crippen LogP contribution in [0.2, 0.25) is 0 Å². The third kappa shape index (κ3) is 36.4. The van der Waals surface area contributed by atoms with Crippen molar-refractivity contribution in [2.75, 3.05) is 105 Å². The number of azide groups is 1. The van der Waals surface area contributed by atoms with Gasteiger partial charge in [-0.15, -0.1) is 0 Å². The molecule has 0 radical (unpaired) electrons. The first-order chi connectivity index (χ1) is 26.1. The number of rotatable bonds is 39. The van der Waals surface area contributed by atoms with Crippen molar-refractivity contribution in [3.05, 3.63) is 10.4 Å². The van der Waals surface area contributed by atoms with Gasteiger partial charge in [-0.2, -0.15) is 0 Å². The zero-order valence-corrected chi connectivity index (χ0v) is 31.6. The van der Waals surface area contributed by atoms with Gasteiger partial charge in [0.1, 0.15) is 25.9 Å². The highest BCUT2D eigenvalue weighted by Gasteiger charge is 2.20. The number of ether oxygens (including phenoxy) is 6. The molecule has 0 unspecified atom stereocenters. The molecule has 4 amide bonds. The predicted molar refractivity (Wildman–Crippen MR) is 194 cm³/mol. The van der Waals surface area contributed by atoms with Crippen LogP contribution in [-0.2, 0) is 57.2 Å². The summed E-state index contributed by atoms with van der Waals surface area (Å²) in [6.45, 7) is 4.69. The second-order valence-electron chi connectivity index (χ2n) is 11.9. The summed E-state index contributed by atoms with van der Waals surface area (Å²) in [5.41, 5.74) is 8.24. The van der Waals surface area contributed by atoms with Gasteiger partial charge in [-0.3, -0.25) is 24.0 Å². The molecule has 0 saturated heterocycles. The van der Waals surface area contributed by atoms with Gasteiger partial charge in [0.25, 0.3) is 0 Å². The van der Waals surface area contributed by atoms with E-state index >= 15 is 0 Å². The summed E-state index contributed by atoms with van der Waals surface area (Å²) in [5.74, 6) is -2.60. The minimum atomic E-state index is -1.20. The Bertz CT molecular complexity index is 1090. The number of carboxylic acids is 1. The highest BCUT2D eigenvalue weighted by molar-refractivity contribution is 5.84. The van der Waals surface area contributed by atoms with Gasteiger partial charge in [0, 0.05) is 43.9 Å². The van der Waals surface area contributed by atoms with E-state index in [-0.39, 0.29) is 121 Å². The van der Waals surface area contributed by atoms with Crippen molar-refractivity contribution in [3.63, 3.8) is 0 Å². The molecule has 1 atom stereocenters. The van der Waals surface area contributed by atoms with Gasteiger partial charge in [0.05, 0.1) is 59.5 Å². The molecule has 0 rings (SSSR count). The number of hydrogen-bond donors (Lipinski definition) is 5. The number of Topliss-reactive ketones (excluding diaryl/α,β-unsaturated/α-hetero) is 1. The van der Waals surface area contributed by atoms with Crippen LogP contribution in [-0.4, -0.2) is 152 Å². The molecule has 0 fully saturated rings. The zero-order chi connectivity index (χ0) is 39.9. The Morgan fingerprint density at radius 1 is 0.574 bits per heavy atom. The highest BCUT2D eigenvalue weighted by atomic mass is 16.5. The van der Waals surface area contributed by atoms with E-state index in [1.807, 2.05) is 0 Å². The summed E-state index contributed by atoms with van der Waals surface area (Å²) in [6.07, 6.45) is 6.49. The average Bonchev–Trinajstić information content (AvgIpc) is 3.13. The van der Waals surface area contributed by atoms with E-state index in [1.165, 1.54) is 6.92 Å². The molecule has 0 aromatic heterocycles. The normalized spacial score (nSPS) is 11.3. The van der Waals surface area contributed by atoms with Crippen molar-refractivity contribution >= 4 is 35.4 Å². The molecule has 0 aromatic rings. The maximum atomic E-state index is 12.2. The molecule has 0 aliphatic rings. The molecule has 0 aromatic carbocycles. The van der Waals surface area contributed by atoms with Crippen molar-refractivity contribution in [2.45, 2.75) is 77.2 Å². The van der Waals surface area contributed by atoms with Crippen molar-refractivity contribution in [3.8, 4) is 0 Å². The lowest BCUT2D eigenvalue weighted by atomic mass is 10.1. The SMILES string of the molecule is CC(=O)COCCOCCNC(=O)COCCOCCNC(=O)COCCOCCNC(=O)CC[C@@H](NC(=O)CCCCCCCCCN=[N+]=[N-])C(=O)O. The molecule has 0 heterocycles. The van der Waals surface area contributed by atoms with Crippen molar-refractivity contribution in [1.29, 1.82) is 0 Å². The fraction of sp³-hybridized carbons (Fsp3) is 0.824. The van der Waals surface area contributed by atoms with E-state index in [0.29, 0.717) is 39.3 Å². The molecule has 0 saturated carbocycles. The van der Waals surface area contributed by atoms with Gasteiger partial charge in [-0.1, -0.05) is 37.2 Å². The van der Waals surface area contributed by atoms with Gasteiger partial charge in [-0.05, 0) is 31.7 Å². The minimum Gasteiger partial charge on any atom is -0.480 e. The molecular weight excluding hydrogens is 714 g/mol. The van der Waals surface area contributed by atoms with Crippen LogP contribution in [0.4, 0.5) is 0 Å². The first-order valence-electron chi connectivity index (χ1n) is 18.4. The summed E-state index contributed by atoms with van der Waals surface area (Å²) in [6, 6.07) is -1.15. The Morgan fingerprint density at radius 2 is 1.02 bits per heavy atom. The number of ketones is 1. The van der Waals surface area contributed by atoms with Crippen LogP contribution < -0.4 is 21.3 Å². The van der Waals surface area contributed by atoms with Crippen LogP contribution in [0.3, 0.4) is 0 Å². The summed E-state index contributed by atoms with van der Waals surface area (Å²) >= 11 is 0. The number of hydrogen-bond acceptors (Lipinski definition) is 13. The van der Waals surface area contributed by atoms with Gasteiger partial charge in [0.15, 0.2) is 5.78 Å². The molecule has 0 bridgehead atoms. The summed E-state index contributed by atoms with van der Waals surface area (Å²) in [5, 5.41) is 23.3. The fourth-order valence-corrected chi connectivity index (χ4v) is 4.38. The lowest BCUT2D eigenvalue weighted by Gasteiger charge is -2.14. The van der Waals surface area contributed by atoms with E-state index in [9.17, 15) is 33.9 Å². The largest absolute Gasteiger partial charge is 0.480 e. The number of carbonyl (C=O) groups is 6. The third-order valence-corrected chi connectivity index (χ3v) is 7.11. The molecule has 20 heteroatoms. The Labute approximate surface area is 317 Å². The Hall–Kier alpha value is -3.91. The van der Waals surface area contributed by atoms with E-state index in [4.69, 9.17) is 34.0 Å². The summed E-state index contributed by atoms with van der Waals surface area (Å²) in [7, 11) is 0. The Kier molecular flexibility index (Phi) is 34.7. The van der Waals surface area contributed by atoms with Crippen molar-refractivity contribution in [1.82, 2.24) is 21.3 Å². The molecule has 54 heavy (non-hydrogen) atoms. The summed E-state index contributed by atoms with van der Waals surface area (Å²) < 4.78 is 31.5. The standard InChI is InChI=1S/C34H61N7O13/c1-28(42)25-52-22-19-50-17-14-37-32(45)27-54-24-21-51-18-15-38-33(46)26-53-23-20-49-16-13-36-30(43)11-10-29(34(47)48)40-31(44)9-7-5-3-2-4-6-8-12-39-41-35/h29H,2-27H2,1H3,(H,36,43)(H,37,45)(H,38,46)(H,40,44)(H,47,48)/t29-/m1/s1. The quantitative estimate of drug-likeness (QED) is 0.0251. The number of nitrogens with zero attached hydrogens (tertiary/aromatic N) is 3. The lowest BCUT2D eigenvalue weighted by Crippen LogP contribution is -2.41. The van der Waals surface area contributed by atoms with E-state index in [0.717, 1.165) is 38.5 Å². The van der Waals surface area contributed by atoms with Crippen LogP contribution >= 0.6 is 0 Å². The molecule has 0 aliphatic carbocycles. The van der Waals surface area contributed by atoms with E-state index in [1.54, 1.807) is 0 Å². The molecule has 310 valence electrons. The monoisotopic (exact) mass is 775 g/mol. The molecule has 0 aliphatic heterocycles. The van der Waals surface area contributed by atoms with Crippen molar-refractivity contribution in [2.24, 2.45) is 5.11 Å². The number of amides is 4. The van der Waals surface area contributed by atoms with Gasteiger partial charge in [-0.25, -0.2) is 4.79 Å². The Balaban J connectivity index is 3.63. The second-order valence-corrected chi connectivity index (χ2v) is 11.9. The van der Waals surface area contributed by atoms with Crippen LogP contribution in [0.1, 0.15) is 71.1 Å². The van der Waals surface area contributed by atoms with E-state index in [2.05, 4.69) is 31.3 Å². The third-order valence-electron chi connectivity index (χ3n) is 7.11. The number of carbonyl (C=O) groups excluding carboxylic acids is 5. The lowest BCUT2D eigenvalue weighted by molar-refractivity contribution is -0.142. The van der Waals surface area contributed by atoms with Crippen LogP contribution in [0.15, 0.2) is 5.11 Å². The number of carboxylic acid groups (broad SMARTS) is 1. The minimum absolute atomic E-state index is 0.0398. The number of nitrogens with one attached hydrogen (secondary N) is 4. The second kappa shape index (κ2) is 37.4. The Morgan fingerprint density at radius 3 is 1.50 bits per heavy atom. The zero-order valence-electron chi connectivity index (χ0n) is 31.6. The topological polar surface area (TPSA) is 275 Å². The number of aliphatic carboxylic acids is 1. The molecule has 0 spiro atoms. The van der Waals surface area contributed by atoms with Gasteiger partial charge in [0.2, 0.25) is 23.6 Å². The van der Waals surface area contributed by atoms with Crippen LogP contribution in [0.25, 0.3) is 10.4 Å². The molecule has 20 nitrogen and oxygen atoms in total. The maximum absolute atomic E-state index is 12.2. The van der Waals surface area contributed by atoms with Crippen LogP contribution in [0, 0.1) is 0 Å². The van der Waals surface area contributed by atoms with Gasteiger partial charge >= 0.3 is 5.97 Å². The predicted octanol–water partition coefficient (Wildman–Crippen LogP) is 0.804. The fourth-order valence-electron chi connectivity index (χ4n) is 4.38. The van der Waals surface area contributed by atoms with Gasteiger partial charge < -0.3 is 54.8 Å². The smallest absolute Gasteiger partial charge is 0.326 e. The first kappa shape index (κ1) is 50.1. The first-order valence-corrected chi connectivity index (χ1v) is 18.4. The molecule has 5 N–H and O–H groups in total. The van der Waals surface area contributed by atoms with Crippen LogP contribution in [0.5, 0.6) is 0 Å². The number of unbranched alkanes of at least 4 members (excludes halogenated alkanes) is 6.